The van der Waals surface area contributed by atoms with Gasteiger partial charge in [0, 0.05) is 36.0 Å². The Morgan fingerprint density at radius 2 is 2.00 bits per heavy atom. The summed E-state index contributed by atoms with van der Waals surface area (Å²) in [6.45, 7) is 1.18. The third kappa shape index (κ3) is 3.13. The summed E-state index contributed by atoms with van der Waals surface area (Å²) in [6, 6.07) is 13.2. The molecule has 7 nitrogen and oxygen atoms in total. The molecule has 0 aliphatic carbocycles. The molecule has 1 unspecified atom stereocenters. The minimum Gasteiger partial charge on any atom is -0.480 e. The Bertz CT molecular complexity index is 858. The van der Waals surface area contributed by atoms with Gasteiger partial charge in [-0.1, -0.05) is 18.2 Å². The molecule has 1 amide bonds. The van der Waals surface area contributed by atoms with Gasteiger partial charge < -0.3 is 19.4 Å². The monoisotopic (exact) mass is 338 g/mol. The van der Waals surface area contributed by atoms with Gasteiger partial charge in [-0.2, -0.15) is 0 Å². The van der Waals surface area contributed by atoms with Crippen molar-refractivity contribution in [3.63, 3.8) is 0 Å². The van der Waals surface area contributed by atoms with Crippen LogP contribution in [0.4, 0.5) is 0 Å². The van der Waals surface area contributed by atoms with Crippen LogP contribution in [-0.2, 0) is 0 Å². The van der Waals surface area contributed by atoms with E-state index < -0.39 is 0 Å². The van der Waals surface area contributed by atoms with Crippen LogP contribution in [0.3, 0.4) is 0 Å². The SMILES string of the molecule is COc1ccc(OC2CCN(C(=O)c3cc4ccccc4[nH]3)C2)nn1. The van der Waals surface area contributed by atoms with Crippen molar-refractivity contribution in [2.24, 2.45) is 0 Å². The largest absolute Gasteiger partial charge is 0.480 e. The number of fused-ring (bicyclic) bond motifs is 1. The summed E-state index contributed by atoms with van der Waals surface area (Å²) < 4.78 is 10.8. The number of hydrogen-bond acceptors (Lipinski definition) is 5. The van der Waals surface area contributed by atoms with Gasteiger partial charge in [0.05, 0.1) is 13.7 Å². The van der Waals surface area contributed by atoms with E-state index in [1.165, 1.54) is 7.11 Å². The topological polar surface area (TPSA) is 80.3 Å². The van der Waals surface area contributed by atoms with Crippen molar-refractivity contribution in [2.45, 2.75) is 12.5 Å². The minimum absolute atomic E-state index is 0.0110. The number of nitrogens with one attached hydrogen (secondary N) is 1. The number of methoxy groups -OCH3 is 1. The van der Waals surface area contributed by atoms with Crippen molar-refractivity contribution >= 4 is 16.8 Å². The van der Waals surface area contributed by atoms with E-state index in [0.717, 1.165) is 17.3 Å². The second-order valence-electron chi connectivity index (χ2n) is 5.96. The molecule has 0 bridgehead atoms. The predicted octanol–water partition coefficient (Wildman–Crippen LogP) is 2.26. The van der Waals surface area contributed by atoms with Crippen molar-refractivity contribution < 1.29 is 14.3 Å². The molecule has 1 fully saturated rings. The zero-order chi connectivity index (χ0) is 17.2. The number of benzene rings is 1. The summed E-state index contributed by atoms with van der Waals surface area (Å²) in [6.07, 6.45) is 0.677. The van der Waals surface area contributed by atoms with Gasteiger partial charge in [-0.25, -0.2) is 0 Å². The molecule has 1 aliphatic heterocycles. The van der Waals surface area contributed by atoms with Crippen LogP contribution in [0.5, 0.6) is 11.8 Å². The van der Waals surface area contributed by atoms with E-state index in [2.05, 4.69) is 15.2 Å². The lowest BCUT2D eigenvalue weighted by Crippen LogP contribution is -2.31. The number of aromatic nitrogens is 3. The summed E-state index contributed by atoms with van der Waals surface area (Å²) in [7, 11) is 1.54. The van der Waals surface area contributed by atoms with Crippen molar-refractivity contribution in [3.8, 4) is 11.8 Å². The molecule has 0 spiro atoms. The Morgan fingerprint density at radius 3 is 2.76 bits per heavy atom. The number of aromatic amines is 1. The van der Waals surface area contributed by atoms with Gasteiger partial charge in [0.1, 0.15) is 11.8 Å². The maximum Gasteiger partial charge on any atom is 0.270 e. The number of ether oxygens (including phenoxy) is 2. The maximum absolute atomic E-state index is 12.7. The fourth-order valence-electron chi connectivity index (χ4n) is 3.02. The molecular weight excluding hydrogens is 320 g/mol. The summed E-state index contributed by atoms with van der Waals surface area (Å²) in [5.74, 6) is 0.864. The molecule has 3 heterocycles. The van der Waals surface area contributed by atoms with Crippen LogP contribution >= 0.6 is 0 Å². The van der Waals surface area contributed by atoms with Crippen LogP contribution in [0.15, 0.2) is 42.5 Å². The van der Waals surface area contributed by atoms with E-state index in [4.69, 9.17) is 9.47 Å². The molecule has 1 saturated heterocycles. The van der Waals surface area contributed by atoms with Crippen molar-refractivity contribution in [1.29, 1.82) is 0 Å². The zero-order valence-corrected chi connectivity index (χ0v) is 13.8. The first-order valence-electron chi connectivity index (χ1n) is 8.14. The van der Waals surface area contributed by atoms with Gasteiger partial charge in [-0.3, -0.25) is 4.79 Å². The number of likely N-dealkylation sites (tertiary alicyclic amines) is 1. The van der Waals surface area contributed by atoms with E-state index in [1.54, 1.807) is 17.0 Å². The molecular formula is C18H18N4O3. The first kappa shape index (κ1) is 15.4. The van der Waals surface area contributed by atoms with E-state index in [1.807, 2.05) is 30.3 Å². The number of H-pyrrole nitrogens is 1. The van der Waals surface area contributed by atoms with E-state index in [-0.39, 0.29) is 12.0 Å². The molecule has 3 aromatic rings. The van der Waals surface area contributed by atoms with E-state index in [9.17, 15) is 4.79 Å². The number of amides is 1. The first-order valence-corrected chi connectivity index (χ1v) is 8.14. The van der Waals surface area contributed by atoms with Gasteiger partial charge >= 0.3 is 0 Å². The van der Waals surface area contributed by atoms with Crippen LogP contribution in [0.25, 0.3) is 10.9 Å². The Morgan fingerprint density at radius 1 is 1.20 bits per heavy atom. The molecule has 1 aliphatic rings. The van der Waals surface area contributed by atoms with Gasteiger partial charge in [0.25, 0.3) is 5.91 Å². The molecule has 1 N–H and O–H groups in total. The number of para-hydroxylation sites is 1. The van der Waals surface area contributed by atoms with Crippen LogP contribution in [-0.4, -0.2) is 52.3 Å². The average Bonchev–Trinajstić information content (AvgIpc) is 3.28. The molecule has 128 valence electrons. The summed E-state index contributed by atoms with van der Waals surface area (Å²) in [4.78, 5) is 17.7. The second kappa shape index (κ2) is 6.43. The zero-order valence-electron chi connectivity index (χ0n) is 13.8. The fourth-order valence-corrected chi connectivity index (χ4v) is 3.02. The van der Waals surface area contributed by atoms with Crippen LogP contribution in [0.1, 0.15) is 16.9 Å². The van der Waals surface area contributed by atoms with E-state index >= 15 is 0 Å². The number of hydrogen-bond donors (Lipinski definition) is 1. The van der Waals surface area contributed by atoms with Gasteiger partial charge in [0.15, 0.2) is 0 Å². The first-order chi connectivity index (χ1) is 12.2. The molecule has 4 rings (SSSR count). The number of rotatable bonds is 4. The van der Waals surface area contributed by atoms with Crippen molar-refractivity contribution in [3.05, 3.63) is 48.2 Å². The second-order valence-corrected chi connectivity index (χ2v) is 5.96. The fraction of sp³-hybridized carbons (Fsp3) is 0.278. The molecule has 25 heavy (non-hydrogen) atoms. The molecule has 7 heteroatoms. The Hall–Kier alpha value is -3.09. The van der Waals surface area contributed by atoms with Crippen molar-refractivity contribution in [2.75, 3.05) is 20.2 Å². The highest BCUT2D eigenvalue weighted by molar-refractivity contribution is 5.98. The normalized spacial score (nSPS) is 17.0. The smallest absolute Gasteiger partial charge is 0.270 e. The standard InChI is InChI=1S/C18H18N4O3/c1-24-16-6-7-17(21-20-16)25-13-8-9-22(11-13)18(23)15-10-12-4-2-3-5-14(12)19-15/h2-7,10,13,19H,8-9,11H2,1H3. The highest BCUT2D eigenvalue weighted by Gasteiger charge is 2.29. The highest BCUT2D eigenvalue weighted by atomic mass is 16.5. The lowest BCUT2D eigenvalue weighted by Gasteiger charge is -2.16. The molecule has 1 aromatic carbocycles. The Kier molecular flexibility index (Phi) is 3.97. The predicted molar refractivity (Wildman–Crippen MR) is 91.8 cm³/mol. The summed E-state index contributed by atoms with van der Waals surface area (Å²) >= 11 is 0. The molecule has 2 aromatic heterocycles. The highest BCUT2D eigenvalue weighted by Crippen LogP contribution is 2.21. The van der Waals surface area contributed by atoms with Gasteiger partial charge in [-0.15, -0.1) is 10.2 Å². The lowest BCUT2D eigenvalue weighted by atomic mass is 10.2. The van der Waals surface area contributed by atoms with Crippen LogP contribution < -0.4 is 9.47 Å². The van der Waals surface area contributed by atoms with E-state index in [0.29, 0.717) is 30.5 Å². The molecule has 0 radical (unpaired) electrons. The minimum atomic E-state index is -0.0870. The molecule has 0 saturated carbocycles. The molecule has 1 atom stereocenters. The van der Waals surface area contributed by atoms with Crippen LogP contribution in [0, 0.1) is 0 Å². The number of carbonyl (C=O) groups excluding carboxylic acids is 1. The van der Waals surface area contributed by atoms with Gasteiger partial charge in [-0.05, 0) is 12.1 Å². The van der Waals surface area contributed by atoms with Gasteiger partial charge in [0.2, 0.25) is 11.8 Å². The lowest BCUT2D eigenvalue weighted by molar-refractivity contribution is 0.0766. The summed E-state index contributed by atoms with van der Waals surface area (Å²) in [5, 5.41) is 8.88. The van der Waals surface area contributed by atoms with Crippen molar-refractivity contribution in [1.82, 2.24) is 20.1 Å². The Balaban J connectivity index is 1.41. The third-order valence-electron chi connectivity index (χ3n) is 4.30. The quantitative estimate of drug-likeness (QED) is 0.789. The Labute approximate surface area is 144 Å². The summed E-state index contributed by atoms with van der Waals surface area (Å²) in [5.41, 5.74) is 1.57. The number of carbonyl (C=O) groups is 1. The van der Waals surface area contributed by atoms with Crippen LogP contribution in [0.2, 0.25) is 0 Å². The third-order valence-corrected chi connectivity index (χ3v) is 4.30. The average molecular weight is 338 g/mol. The number of nitrogens with zero attached hydrogens (tertiary/aromatic N) is 3. The maximum atomic E-state index is 12.7.